The summed E-state index contributed by atoms with van der Waals surface area (Å²) in [5.41, 5.74) is 4.10. The van der Waals surface area contributed by atoms with Crippen molar-refractivity contribution in [3.63, 3.8) is 0 Å². The fraction of sp³-hybridized carbons (Fsp3) is 0.400. The lowest BCUT2D eigenvalue weighted by atomic mass is 9.93. The normalized spacial score (nSPS) is 18.8. The van der Waals surface area contributed by atoms with E-state index in [-0.39, 0.29) is 5.78 Å². The van der Waals surface area contributed by atoms with E-state index in [4.69, 9.17) is 9.47 Å². The second-order valence-electron chi connectivity index (χ2n) is 7.89. The number of hydrogen-bond acceptors (Lipinski definition) is 4. The fourth-order valence-corrected chi connectivity index (χ4v) is 4.38. The predicted octanol–water partition coefficient (Wildman–Crippen LogP) is 4.67. The Balaban J connectivity index is 1.41. The third-order valence-electron chi connectivity index (χ3n) is 5.92. The second kappa shape index (κ2) is 8.83. The first-order valence-electron chi connectivity index (χ1n) is 10.5. The van der Waals surface area contributed by atoms with Crippen molar-refractivity contribution in [2.24, 2.45) is 5.92 Å². The lowest BCUT2D eigenvalue weighted by Crippen LogP contribution is -2.32. The average Bonchev–Trinajstić information content (AvgIpc) is 3.04. The summed E-state index contributed by atoms with van der Waals surface area (Å²) in [4.78, 5) is 15.4. The maximum absolute atomic E-state index is 12.9. The van der Waals surface area contributed by atoms with Gasteiger partial charge in [0.2, 0.25) is 0 Å². The summed E-state index contributed by atoms with van der Waals surface area (Å²) in [6, 6.07) is 14.4. The van der Waals surface area contributed by atoms with Crippen LogP contribution < -0.4 is 9.47 Å². The zero-order valence-electron chi connectivity index (χ0n) is 17.3. The number of ether oxygens (including phenoxy) is 2. The molecule has 152 valence electrons. The molecule has 0 unspecified atom stereocenters. The Bertz CT molecular complexity index is 896. The van der Waals surface area contributed by atoms with Crippen LogP contribution in [0, 0.1) is 5.92 Å². The summed E-state index contributed by atoms with van der Waals surface area (Å²) in [6.45, 7) is 5.69. The van der Waals surface area contributed by atoms with Gasteiger partial charge in [-0.2, -0.15) is 0 Å². The number of nitrogens with zero attached hydrogens (tertiary/aromatic N) is 1. The Morgan fingerprint density at radius 3 is 2.55 bits per heavy atom. The molecule has 4 rings (SSSR count). The van der Waals surface area contributed by atoms with Gasteiger partial charge in [-0.3, -0.25) is 9.69 Å². The van der Waals surface area contributed by atoms with E-state index in [9.17, 15) is 4.79 Å². The van der Waals surface area contributed by atoms with E-state index in [0.29, 0.717) is 24.7 Å². The van der Waals surface area contributed by atoms with Gasteiger partial charge in [-0.15, -0.1) is 0 Å². The minimum atomic E-state index is 0.146. The van der Waals surface area contributed by atoms with Crippen LogP contribution in [-0.2, 0) is 13.0 Å². The molecule has 4 heteroatoms. The monoisotopic (exact) mass is 391 g/mol. The Kier molecular flexibility index (Phi) is 6.00. The highest BCUT2D eigenvalue weighted by atomic mass is 16.5. The van der Waals surface area contributed by atoms with Gasteiger partial charge in [0, 0.05) is 24.1 Å². The quantitative estimate of drug-likeness (QED) is 0.671. The molecule has 2 aliphatic rings. The lowest BCUT2D eigenvalue weighted by Gasteiger charge is -2.30. The SMILES string of the molecule is CCOc1cc2c(cc1OC)C(=O)/C(=C/C1CCN(Cc3ccccc3)CC1)C2. The zero-order valence-corrected chi connectivity index (χ0v) is 17.3. The number of carbonyl (C=O) groups excluding carboxylic acids is 1. The first-order chi connectivity index (χ1) is 14.2. The molecule has 0 saturated carbocycles. The highest BCUT2D eigenvalue weighted by molar-refractivity contribution is 6.13. The number of fused-ring (bicyclic) bond motifs is 1. The van der Waals surface area contributed by atoms with E-state index < -0.39 is 0 Å². The molecule has 1 aliphatic heterocycles. The molecule has 4 nitrogen and oxygen atoms in total. The lowest BCUT2D eigenvalue weighted by molar-refractivity contribution is 0.103. The van der Waals surface area contributed by atoms with Crippen LogP contribution in [0.3, 0.4) is 0 Å². The Morgan fingerprint density at radius 1 is 1.10 bits per heavy atom. The van der Waals surface area contributed by atoms with Crippen molar-refractivity contribution in [3.05, 3.63) is 70.8 Å². The maximum Gasteiger partial charge on any atom is 0.189 e. The molecular formula is C25H29NO3. The van der Waals surface area contributed by atoms with Crippen molar-refractivity contribution >= 4 is 5.78 Å². The largest absolute Gasteiger partial charge is 0.493 e. The van der Waals surface area contributed by atoms with Crippen molar-refractivity contribution in [3.8, 4) is 11.5 Å². The number of likely N-dealkylation sites (tertiary alicyclic amines) is 1. The molecule has 2 aromatic rings. The molecule has 1 heterocycles. The Morgan fingerprint density at radius 2 is 1.86 bits per heavy atom. The van der Waals surface area contributed by atoms with Crippen molar-refractivity contribution in [2.75, 3.05) is 26.8 Å². The summed E-state index contributed by atoms with van der Waals surface area (Å²) in [6.07, 6.45) is 5.14. The Hall–Kier alpha value is -2.59. The van der Waals surface area contributed by atoms with Gasteiger partial charge in [0.15, 0.2) is 17.3 Å². The molecule has 1 fully saturated rings. The molecule has 0 radical (unpaired) electrons. The third-order valence-corrected chi connectivity index (χ3v) is 5.92. The molecular weight excluding hydrogens is 362 g/mol. The number of carbonyl (C=O) groups is 1. The molecule has 0 N–H and O–H groups in total. The van der Waals surface area contributed by atoms with Crippen LogP contribution in [0.15, 0.2) is 54.1 Å². The molecule has 0 aromatic heterocycles. The number of piperidine rings is 1. The molecule has 0 bridgehead atoms. The van der Waals surface area contributed by atoms with E-state index in [2.05, 4.69) is 41.3 Å². The molecule has 0 atom stereocenters. The topological polar surface area (TPSA) is 38.8 Å². The number of hydrogen-bond donors (Lipinski definition) is 0. The van der Waals surface area contributed by atoms with Gasteiger partial charge < -0.3 is 9.47 Å². The van der Waals surface area contributed by atoms with Gasteiger partial charge >= 0.3 is 0 Å². The van der Waals surface area contributed by atoms with E-state index in [0.717, 1.165) is 54.9 Å². The van der Waals surface area contributed by atoms with Crippen LogP contribution in [0.4, 0.5) is 0 Å². The number of Topliss-reactive ketones (excluding diaryl/α,β-unsaturated/α-hetero) is 1. The first-order valence-corrected chi connectivity index (χ1v) is 10.5. The summed E-state index contributed by atoms with van der Waals surface area (Å²) in [5.74, 6) is 1.98. The van der Waals surface area contributed by atoms with Crippen molar-refractivity contribution < 1.29 is 14.3 Å². The highest BCUT2D eigenvalue weighted by Crippen LogP contribution is 2.37. The average molecular weight is 392 g/mol. The highest BCUT2D eigenvalue weighted by Gasteiger charge is 2.28. The standard InChI is InChI=1S/C25H29NO3/c1-3-29-24-15-20-14-21(25(27)22(20)16-23(24)28-2)13-18-9-11-26(12-10-18)17-19-7-5-4-6-8-19/h4-8,13,15-16,18H,3,9-12,14,17H2,1-2H3/b21-13+. The number of ketones is 1. The third kappa shape index (κ3) is 4.38. The van der Waals surface area contributed by atoms with E-state index >= 15 is 0 Å². The summed E-state index contributed by atoms with van der Waals surface area (Å²) < 4.78 is 11.1. The van der Waals surface area contributed by atoms with E-state index in [1.54, 1.807) is 7.11 Å². The smallest absolute Gasteiger partial charge is 0.189 e. The molecule has 2 aromatic carbocycles. The summed E-state index contributed by atoms with van der Waals surface area (Å²) >= 11 is 0. The van der Waals surface area contributed by atoms with Crippen LogP contribution in [0.25, 0.3) is 0 Å². The molecule has 0 amide bonds. The molecule has 0 spiro atoms. The maximum atomic E-state index is 12.9. The number of benzene rings is 2. The van der Waals surface area contributed by atoms with Gasteiger partial charge in [-0.1, -0.05) is 36.4 Å². The van der Waals surface area contributed by atoms with Crippen LogP contribution in [0.1, 0.15) is 41.3 Å². The zero-order chi connectivity index (χ0) is 20.2. The van der Waals surface area contributed by atoms with E-state index in [1.165, 1.54) is 5.56 Å². The predicted molar refractivity (Wildman–Crippen MR) is 115 cm³/mol. The minimum Gasteiger partial charge on any atom is -0.493 e. The van der Waals surface area contributed by atoms with Gasteiger partial charge in [0.1, 0.15) is 0 Å². The molecule has 1 aliphatic carbocycles. The van der Waals surface area contributed by atoms with Crippen molar-refractivity contribution in [1.82, 2.24) is 4.90 Å². The fourth-order valence-electron chi connectivity index (χ4n) is 4.38. The molecule has 1 saturated heterocycles. The number of allylic oxidation sites excluding steroid dienone is 2. The van der Waals surface area contributed by atoms with Crippen LogP contribution in [0.2, 0.25) is 0 Å². The second-order valence-corrected chi connectivity index (χ2v) is 7.89. The number of methoxy groups -OCH3 is 1. The number of rotatable bonds is 6. The van der Waals surface area contributed by atoms with Crippen LogP contribution in [0.5, 0.6) is 11.5 Å². The van der Waals surface area contributed by atoms with Gasteiger partial charge in [0.05, 0.1) is 13.7 Å². The molecule has 29 heavy (non-hydrogen) atoms. The Labute approximate surface area is 173 Å². The van der Waals surface area contributed by atoms with Crippen molar-refractivity contribution in [1.29, 1.82) is 0 Å². The van der Waals surface area contributed by atoms with Crippen LogP contribution in [-0.4, -0.2) is 37.5 Å². The minimum absolute atomic E-state index is 0.146. The van der Waals surface area contributed by atoms with Crippen molar-refractivity contribution in [2.45, 2.75) is 32.7 Å². The van der Waals surface area contributed by atoms with E-state index in [1.807, 2.05) is 19.1 Å². The van der Waals surface area contributed by atoms with Crippen LogP contribution >= 0.6 is 0 Å². The first kappa shape index (κ1) is 19.7. The van der Waals surface area contributed by atoms with Gasteiger partial charge in [-0.25, -0.2) is 0 Å². The summed E-state index contributed by atoms with van der Waals surface area (Å²) in [5, 5.41) is 0. The van der Waals surface area contributed by atoms with Gasteiger partial charge in [0.25, 0.3) is 0 Å². The van der Waals surface area contributed by atoms with Gasteiger partial charge in [-0.05, 0) is 62.0 Å². The summed E-state index contributed by atoms with van der Waals surface area (Å²) in [7, 11) is 1.61.